The quantitative estimate of drug-likeness (QED) is 0.203. The van der Waals surface area contributed by atoms with Crippen LogP contribution in [0.1, 0.15) is 81.1 Å². The molecule has 1 saturated carbocycles. The second-order valence-corrected chi connectivity index (χ2v) is 12.9. The van der Waals surface area contributed by atoms with Crippen molar-refractivity contribution in [1.29, 1.82) is 0 Å². The standard InChI is InChI=1S/C28H47N5O7/c1-14(2)20(26(38)40-15(3)4)31-27(39)32-22(28(6,7)8)25(37)33-13-16(5)11-19(33)24(36)30-18(12-17-9-10-17)21(34)23(29)35/h14-20,22H,9-13H2,1-8H3,(H2,29,35)(H,30,36)(H2,31,32,39)/t16-,18?,19+,20+,22-/m1/s1. The van der Waals surface area contributed by atoms with E-state index in [1.807, 2.05) is 6.92 Å². The van der Waals surface area contributed by atoms with E-state index in [9.17, 15) is 28.8 Å². The maximum atomic E-state index is 13.9. The first-order chi connectivity index (χ1) is 18.4. The number of likely N-dealkylation sites (tertiary alicyclic amines) is 1. The van der Waals surface area contributed by atoms with Crippen LogP contribution in [-0.2, 0) is 28.7 Å². The summed E-state index contributed by atoms with van der Waals surface area (Å²) in [6, 6.07) is -4.58. The Morgan fingerprint density at radius 1 is 0.975 bits per heavy atom. The van der Waals surface area contributed by atoms with Crippen molar-refractivity contribution in [3.63, 3.8) is 0 Å². The highest BCUT2D eigenvalue weighted by molar-refractivity contribution is 6.37. The molecule has 0 aromatic carbocycles. The van der Waals surface area contributed by atoms with E-state index in [1.54, 1.807) is 48.5 Å². The van der Waals surface area contributed by atoms with Gasteiger partial charge in [-0.1, -0.05) is 54.4 Å². The number of Topliss-reactive ketones (excluding diaryl/α,β-unsaturated/α-hetero) is 1. The third-order valence-electron chi connectivity index (χ3n) is 7.19. The lowest BCUT2D eigenvalue weighted by Crippen LogP contribution is -2.61. The molecule has 0 bridgehead atoms. The van der Waals surface area contributed by atoms with Gasteiger partial charge >= 0.3 is 12.0 Å². The van der Waals surface area contributed by atoms with Crippen LogP contribution in [0.5, 0.6) is 0 Å². The summed E-state index contributed by atoms with van der Waals surface area (Å²) in [5, 5.41) is 8.01. The fraction of sp³-hybridized carbons (Fsp3) is 0.786. The summed E-state index contributed by atoms with van der Waals surface area (Å²) in [6.45, 7) is 14.5. The first-order valence-corrected chi connectivity index (χ1v) is 14.1. The number of nitrogens with two attached hydrogens (primary N) is 1. The molecule has 1 unspecified atom stereocenters. The average Bonchev–Trinajstić information content (AvgIpc) is 3.55. The molecule has 12 heteroatoms. The lowest BCUT2D eigenvalue weighted by atomic mass is 9.85. The Morgan fingerprint density at radius 3 is 2.05 bits per heavy atom. The number of hydrogen-bond acceptors (Lipinski definition) is 7. The van der Waals surface area contributed by atoms with Gasteiger partial charge in [-0.15, -0.1) is 0 Å². The Balaban J connectivity index is 2.21. The molecule has 5 N–H and O–H groups in total. The van der Waals surface area contributed by atoms with Gasteiger partial charge in [0.2, 0.25) is 17.6 Å². The molecule has 1 aliphatic heterocycles. The van der Waals surface area contributed by atoms with Crippen LogP contribution in [0.2, 0.25) is 0 Å². The van der Waals surface area contributed by atoms with Crippen LogP contribution >= 0.6 is 0 Å². The average molecular weight is 566 g/mol. The smallest absolute Gasteiger partial charge is 0.329 e. The summed E-state index contributed by atoms with van der Waals surface area (Å²) in [5.41, 5.74) is 4.46. The lowest BCUT2D eigenvalue weighted by molar-refractivity contribution is -0.150. The van der Waals surface area contributed by atoms with Gasteiger partial charge in [-0.2, -0.15) is 0 Å². The third kappa shape index (κ3) is 9.19. The Bertz CT molecular complexity index is 986. The summed E-state index contributed by atoms with van der Waals surface area (Å²) in [4.78, 5) is 78.2. The molecule has 2 rings (SSSR count). The summed E-state index contributed by atoms with van der Waals surface area (Å²) < 4.78 is 5.26. The number of esters is 1. The molecule has 0 aromatic rings. The number of primary amides is 1. The van der Waals surface area contributed by atoms with Gasteiger partial charge in [-0.05, 0) is 49.9 Å². The topological polar surface area (TPSA) is 177 Å². The molecular formula is C28H47N5O7. The predicted octanol–water partition coefficient (Wildman–Crippen LogP) is 1.25. The molecule has 1 saturated heterocycles. The number of urea groups is 1. The molecule has 12 nitrogen and oxygen atoms in total. The van der Waals surface area contributed by atoms with E-state index in [4.69, 9.17) is 10.5 Å². The summed E-state index contributed by atoms with van der Waals surface area (Å²) in [6.07, 6.45) is 2.16. The van der Waals surface area contributed by atoms with E-state index in [0.29, 0.717) is 12.8 Å². The van der Waals surface area contributed by atoms with E-state index < -0.39 is 65.1 Å². The van der Waals surface area contributed by atoms with Crippen LogP contribution in [0.15, 0.2) is 0 Å². The second kappa shape index (κ2) is 13.5. The number of nitrogens with one attached hydrogen (secondary N) is 3. The van der Waals surface area contributed by atoms with Gasteiger partial charge in [0.25, 0.3) is 5.91 Å². The van der Waals surface area contributed by atoms with Crippen molar-refractivity contribution in [2.75, 3.05) is 6.54 Å². The second-order valence-electron chi connectivity index (χ2n) is 12.9. The molecule has 5 atom stereocenters. The van der Waals surface area contributed by atoms with Crippen LogP contribution in [0.4, 0.5) is 4.79 Å². The first kappa shape index (κ1) is 33.0. The normalized spacial score (nSPS) is 21.4. The van der Waals surface area contributed by atoms with Crippen LogP contribution in [0.25, 0.3) is 0 Å². The molecule has 5 amide bonds. The number of ketones is 1. The van der Waals surface area contributed by atoms with Crippen molar-refractivity contribution in [3.05, 3.63) is 0 Å². The number of ether oxygens (including phenoxy) is 1. The Hall–Kier alpha value is -3.18. The zero-order valence-electron chi connectivity index (χ0n) is 25.0. The van der Waals surface area contributed by atoms with E-state index in [0.717, 1.165) is 12.8 Å². The van der Waals surface area contributed by atoms with Gasteiger partial charge in [0.15, 0.2) is 0 Å². The zero-order chi connectivity index (χ0) is 30.5. The number of hydrogen-bond donors (Lipinski definition) is 4. The van der Waals surface area contributed by atoms with Gasteiger partial charge in [0.05, 0.1) is 12.1 Å². The molecule has 1 heterocycles. The number of carbonyl (C=O) groups excluding carboxylic acids is 6. The first-order valence-electron chi connectivity index (χ1n) is 14.1. The van der Waals surface area contributed by atoms with E-state index in [1.165, 1.54) is 4.90 Å². The zero-order valence-corrected chi connectivity index (χ0v) is 25.0. The largest absolute Gasteiger partial charge is 0.461 e. The van der Waals surface area contributed by atoms with Crippen molar-refractivity contribution in [1.82, 2.24) is 20.9 Å². The van der Waals surface area contributed by atoms with Crippen LogP contribution in [-0.4, -0.2) is 77.2 Å². The summed E-state index contributed by atoms with van der Waals surface area (Å²) >= 11 is 0. The SMILES string of the molecule is CC(C)OC(=O)[C@@H](NC(=O)N[C@H](C(=O)N1C[C@H](C)C[C@H]1C(=O)NC(CC1CC1)C(=O)C(N)=O)C(C)(C)C)C(C)C. The minimum atomic E-state index is -1.11. The highest BCUT2D eigenvalue weighted by Crippen LogP contribution is 2.34. The van der Waals surface area contributed by atoms with E-state index in [-0.39, 0.29) is 30.4 Å². The van der Waals surface area contributed by atoms with Crippen molar-refractivity contribution in [2.45, 2.75) is 111 Å². The van der Waals surface area contributed by atoms with Crippen LogP contribution in [0, 0.1) is 23.2 Å². The molecule has 1 aliphatic carbocycles. The summed E-state index contributed by atoms with van der Waals surface area (Å²) in [7, 11) is 0. The number of amides is 5. The predicted molar refractivity (Wildman–Crippen MR) is 148 cm³/mol. The van der Waals surface area contributed by atoms with Crippen molar-refractivity contribution < 1.29 is 33.5 Å². The Kier molecular flexibility index (Phi) is 11.1. The van der Waals surface area contributed by atoms with Crippen LogP contribution < -0.4 is 21.7 Å². The molecule has 0 radical (unpaired) electrons. The maximum absolute atomic E-state index is 13.9. The highest BCUT2D eigenvalue weighted by Gasteiger charge is 2.45. The Morgan fingerprint density at radius 2 is 1.57 bits per heavy atom. The highest BCUT2D eigenvalue weighted by atomic mass is 16.5. The molecule has 2 aliphatic rings. The molecule has 226 valence electrons. The van der Waals surface area contributed by atoms with Gasteiger partial charge < -0.3 is 31.3 Å². The Labute approximate surface area is 236 Å². The van der Waals surface area contributed by atoms with Crippen LogP contribution in [0.3, 0.4) is 0 Å². The fourth-order valence-corrected chi connectivity index (χ4v) is 4.83. The van der Waals surface area contributed by atoms with Gasteiger partial charge in [0.1, 0.15) is 18.1 Å². The van der Waals surface area contributed by atoms with E-state index in [2.05, 4.69) is 16.0 Å². The van der Waals surface area contributed by atoms with Crippen molar-refractivity contribution in [3.8, 4) is 0 Å². The van der Waals surface area contributed by atoms with Gasteiger partial charge in [-0.25, -0.2) is 9.59 Å². The molecule has 0 spiro atoms. The third-order valence-corrected chi connectivity index (χ3v) is 7.19. The fourth-order valence-electron chi connectivity index (χ4n) is 4.83. The minimum absolute atomic E-state index is 0.0148. The minimum Gasteiger partial charge on any atom is -0.461 e. The van der Waals surface area contributed by atoms with Gasteiger partial charge in [0, 0.05) is 6.54 Å². The van der Waals surface area contributed by atoms with E-state index >= 15 is 0 Å². The molecule has 40 heavy (non-hydrogen) atoms. The molecule has 0 aromatic heterocycles. The molecular weight excluding hydrogens is 518 g/mol. The van der Waals surface area contributed by atoms with Crippen molar-refractivity contribution >= 4 is 35.5 Å². The number of carbonyl (C=O) groups is 6. The number of nitrogens with zero attached hydrogens (tertiary/aromatic N) is 1. The summed E-state index contributed by atoms with van der Waals surface area (Å²) in [5.74, 6) is -3.57. The van der Waals surface area contributed by atoms with Crippen molar-refractivity contribution in [2.24, 2.45) is 28.9 Å². The van der Waals surface area contributed by atoms with Gasteiger partial charge in [-0.3, -0.25) is 19.2 Å². The number of rotatable bonds is 12. The molecule has 2 fully saturated rings. The lowest BCUT2D eigenvalue weighted by Gasteiger charge is -2.36. The maximum Gasteiger partial charge on any atom is 0.329 e. The monoisotopic (exact) mass is 565 g/mol.